The molecule has 126 valence electrons. The van der Waals surface area contributed by atoms with Crippen molar-refractivity contribution < 1.29 is 4.74 Å². The molecule has 0 aliphatic rings. The highest BCUT2D eigenvalue weighted by atomic mass is 32.1. The lowest BCUT2D eigenvalue weighted by atomic mass is 10.2. The first-order valence-electron chi connectivity index (χ1n) is 7.81. The summed E-state index contributed by atoms with van der Waals surface area (Å²) in [5.41, 5.74) is 8.53. The molecular weight excluding hydrogens is 320 g/mol. The Hall–Kier alpha value is -2.18. The second kappa shape index (κ2) is 6.75. The molecule has 3 aromatic rings. The van der Waals surface area contributed by atoms with Crippen molar-refractivity contribution in [2.75, 3.05) is 19.9 Å². The van der Waals surface area contributed by atoms with Crippen LogP contribution in [0.15, 0.2) is 24.3 Å². The van der Waals surface area contributed by atoms with Crippen LogP contribution in [0.5, 0.6) is 5.75 Å². The summed E-state index contributed by atoms with van der Waals surface area (Å²) in [6.07, 6.45) is 0. The monoisotopic (exact) mass is 342 g/mol. The number of aromatic nitrogens is 2. The van der Waals surface area contributed by atoms with E-state index in [0.29, 0.717) is 12.4 Å². The highest BCUT2D eigenvalue weighted by molar-refractivity contribution is 7.18. The van der Waals surface area contributed by atoms with Gasteiger partial charge in [0.1, 0.15) is 22.2 Å². The minimum atomic E-state index is 0.576. The smallest absolute Gasteiger partial charge is 0.146 e. The molecule has 0 saturated carbocycles. The molecule has 1 aromatic carbocycles. The van der Waals surface area contributed by atoms with E-state index >= 15 is 0 Å². The van der Waals surface area contributed by atoms with Gasteiger partial charge in [0, 0.05) is 11.4 Å². The van der Waals surface area contributed by atoms with Crippen LogP contribution in [0.3, 0.4) is 0 Å². The van der Waals surface area contributed by atoms with Crippen LogP contribution >= 0.6 is 11.3 Å². The fourth-order valence-electron chi connectivity index (χ4n) is 2.78. The van der Waals surface area contributed by atoms with Gasteiger partial charge in [-0.2, -0.15) is 0 Å². The van der Waals surface area contributed by atoms with Gasteiger partial charge in [-0.25, -0.2) is 9.97 Å². The zero-order valence-corrected chi connectivity index (χ0v) is 15.3. The predicted octanol–water partition coefficient (Wildman–Crippen LogP) is 3.53. The summed E-state index contributed by atoms with van der Waals surface area (Å²) in [5.74, 6) is 2.20. The number of hydrogen-bond donors (Lipinski definition) is 1. The van der Waals surface area contributed by atoms with Gasteiger partial charge in [-0.05, 0) is 44.2 Å². The molecule has 0 fully saturated rings. The fourth-order valence-corrected chi connectivity index (χ4v) is 3.83. The highest BCUT2D eigenvalue weighted by Crippen LogP contribution is 2.32. The Morgan fingerprint density at radius 1 is 1.21 bits per heavy atom. The first-order chi connectivity index (χ1) is 11.5. The first kappa shape index (κ1) is 16.7. The van der Waals surface area contributed by atoms with Crippen molar-refractivity contribution in [3.63, 3.8) is 0 Å². The second-order valence-corrected chi connectivity index (χ2v) is 7.22. The van der Waals surface area contributed by atoms with Crippen LogP contribution in [0, 0.1) is 13.8 Å². The molecule has 0 unspecified atom stereocenters. The maximum absolute atomic E-state index is 6.16. The van der Waals surface area contributed by atoms with Crippen molar-refractivity contribution in [1.82, 2.24) is 14.9 Å². The van der Waals surface area contributed by atoms with E-state index in [1.807, 2.05) is 25.2 Å². The molecule has 0 atom stereocenters. The third-order valence-electron chi connectivity index (χ3n) is 4.10. The van der Waals surface area contributed by atoms with Crippen molar-refractivity contribution in [3.05, 3.63) is 46.1 Å². The Morgan fingerprint density at radius 3 is 2.75 bits per heavy atom. The molecule has 0 aliphatic carbocycles. The number of rotatable bonds is 5. The molecule has 0 radical (unpaired) electrons. The minimum absolute atomic E-state index is 0.576. The van der Waals surface area contributed by atoms with Crippen molar-refractivity contribution in [2.45, 2.75) is 26.9 Å². The summed E-state index contributed by atoms with van der Waals surface area (Å²) in [5, 5.41) is 0.997. The molecule has 2 N–H and O–H groups in total. The number of aryl methyl sites for hydroxylation is 2. The molecule has 0 aliphatic heterocycles. The second-order valence-electron chi connectivity index (χ2n) is 6.01. The summed E-state index contributed by atoms with van der Waals surface area (Å²) in [4.78, 5) is 13.6. The van der Waals surface area contributed by atoms with Gasteiger partial charge in [0.05, 0.1) is 19.0 Å². The Kier molecular flexibility index (Phi) is 4.69. The molecule has 24 heavy (non-hydrogen) atoms. The first-order valence-corrected chi connectivity index (χ1v) is 8.63. The lowest BCUT2D eigenvalue weighted by Crippen LogP contribution is -2.19. The summed E-state index contributed by atoms with van der Waals surface area (Å²) >= 11 is 1.68. The standard InChI is InChI=1S/C18H22N4OS/c1-11-12(2)24-18-16(11)17(19)20-15(21-18)10-22(3)9-13-6-5-7-14(8-13)23-4/h5-8H,9-10H2,1-4H3,(H2,19,20,21). The van der Waals surface area contributed by atoms with Gasteiger partial charge in [0.2, 0.25) is 0 Å². The number of methoxy groups -OCH3 is 1. The van der Waals surface area contributed by atoms with E-state index in [-0.39, 0.29) is 0 Å². The van der Waals surface area contributed by atoms with Gasteiger partial charge in [0.15, 0.2) is 0 Å². The summed E-state index contributed by atoms with van der Waals surface area (Å²) in [6.45, 7) is 5.60. The van der Waals surface area contributed by atoms with Crippen molar-refractivity contribution in [1.29, 1.82) is 0 Å². The van der Waals surface area contributed by atoms with Gasteiger partial charge in [-0.3, -0.25) is 4.90 Å². The molecule has 2 heterocycles. The van der Waals surface area contributed by atoms with E-state index in [1.54, 1.807) is 18.4 Å². The highest BCUT2D eigenvalue weighted by Gasteiger charge is 2.13. The van der Waals surface area contributed by atoms with Crippen molar-refractivity contribution >= 4 is 27.4 Å². The molecule has 0 saturated heterocycles. The van der Waals surface area contributed by atoms with E-state index in [9.17, 15) is 0 Å². The van der Waals surface area contributed by atoms with Crippen LogP contribution in [0.1, 0.15) is 21.8 Å². The van der Waals surface area contributed by atoms with Crippen LogP contribution in [0.4, 0.5) is 5.82 Å². The van der Waals surface area contributed by atoms with Gasteiger partial charge in [-0.15, -0.1) is 11.3 Å². The molecule has 0 spiro atoms. The maximum Gasteiger partial charge on any atom is 0.146 e. The number of nitrogen functional groups attached to an aromatic ring is 1. The van der Waals surface area contributed by atoms with E-state index in [0.717, 1.165) is 28.3 Å². The summed E-state index contributed by atoms with van der Waals surface area (Å²) in [7, 11) is 3.73. The zero-order chi connectivity index (χ0) is 17.3. The number of thiophene rings is 1. The summed E-state index contributed by atoms with van der Waals surface area (Å²) < 4.78 is 5.27. The number of ether oxygens (including phenoxy) is 1. The van der Waals surface area contributed by atoms with Gasteiger partial charge in [0.25, 0.3) is 0 Å². The molecule has 3 rings (SSSR count). The number of fused-ring (bicyclic) bond motifs is 1. The van der Waals surface area contributed by atoms with Gasteiger partial charge >= 0.3 is 0 Å². The van der Waals surface area contributed by atoms with Crippen molar-refractivity contribution in [2.24, 2.45) is 0 Å². The largest absolute Gasteiger partial charge is 0.497 e. The minimum Gasteiger partial charge on any atom is -0.497 e. The number of nitrogens with two attached hydrogens (primary N) is 1. The van der Waals surface area contributed by atoms with Crippen LogP contribution in [-0.2, 0) is 13.1 Å². The Morgan fingerprint density at radius 2 is 2.00 bits per heavy atom. The average Bonchev–Trinajstić information content (AvgIpc) is 2.82. The predicted molar refractivity (Wildman–Crippen MR) is 99.5 cm³/mol. The van der Waals surface area contributed by atoms with E-state index in [4.69, 9.17) is 15.5 Å². The summed E-state index contributed by atoms with van der Waals surface area (Å²) in [6, 6.07) is 8.08. The lowest BCUT2D eigenvalue weighted by molar-refractivity contribution is 0.310. The molecular formula is C18H22N4OS. The third kappa shape index (κ3) is 3.34. The molecule has 0 bridgehead atoms. The topological polar surface area (TPSA) is 64.3 Å². The quantitative estimate of drug-likeness (QED) is 0.768. The van der Waals surface area contributed by atoms with Crippen LogP contribution in [-0.4, -0.2) is 29.0 Å². The molecule has 6 heteroatoms. The SMILES string of the molecule is COc1cccc(CN(C)Cc2nc(N)c3c(C)c(C)sc3n2)c1. The maximum atomic E-state index is 6.16. The Labute approximate surface area is 146 Å². The number of anilines is 1. The molecule has 2 aromatic heterocycles. The van der Waals surface area contributed by atoms with Crippen LogP contribution < -0.4 is 10.5 Å². The molecule has 0 amide bonds. The number of benzene rings is 1. The molecule has 5 nitrogen and oxygen atoms in total. The third-order valence-corrected chi connectivity index (χ3v) is 5.20. The van der Waals surface area contributed by atoms with Gasteiger partial charge in [-0.1, -0.05) is 12.1 Å². The van der Waals surface area contributed by atoms with Crippen LogP contribution in [0.25, 0.3) is 10.2 Å². The van der Waals surface area contributed by atoms with Crippen LogP contribution in [0.2, 0.25) is 0 Å². The number of hydrogen-bond acceptors (Lipinski definition) is 6. The van der Waals surface area contributed by atoms with Crippen molar-refractivity contribution in [3.8, 4) is 5.75 Å². The normalized spacial score (nSPS) is 11.4. The lowest BCUT2D eigenvalue weighted by Gasteiger charge is -2.16. The van der Waals surface area contributed by atoms with E-state index in [1.165, 1.54) is 16.0 Å². The fraction of sp³-hybridized carbons (Fsp3) is 0.333. The Balaban J connectivity index is 1.78. The number of nitrogens with zero attached hydrogens (tertiary/aromatic N) is 3. The zero-order valence-electron chi connectivity index (χ0n) is 14.5. The Bertz CT molecular complexity index is 875. The average molecular weight is 342 g/mol. The van der Waals surface area contributed by atoms with E-state index < -0.39 is 0 Å². The van der Waals surface area contributed by atoms with E-state index in [2.05, 4.69) is 29.8 Å². The van der Waals surface area contributed by atoms with Gasteiger partial charge < -0.3 is 10.5 Å².